The zero-order chi connectivity index (χ0) is 18.9. The normalized spacial score (nSPS) is 10.8. The Morgan fingerprint density at radius 3 is 2.65 bits per heavy atom. The first kappa shape index (κ1) is 19.2. The molecule has 0 spiro atoms. The number of hydrogen-bond donors (Lipinski definition) is 2. The number of rotatable bonds is 7. The van der Waals surface area contributed by atoms with E-state index in [1.165, 1.54) is 6.21 Å². The van der Waals surface area contributed by atoms with Gasteiger partial charge in [-0.05, 0) is 50.6 Å². The molecule has 0 heterocycles. The molecule has 0 atom stereocenters. The molecule has 0 aliphatic carbocycles. The molecule has 2 N–H and O–H groups in total. The summed E-state index contributed by atoms with van der Waals surface area (Å²) in [5.41, 5.74) is 4.68. The zero-order valence-electron chi connectivity index (χ0n) is 15.2. The van der Waals surface area contributed by atoms with Crippen molar-refractivity contribution < 1.29 is 14.3 Å². The summed E-state index contributed by atoms with van der Waals surface area (Å²) < 4.78 is 5.60. The lowest BCUT2D eigenvalue weighted by atomic mass is 10.1. The van der Waals surface area contributed by atoms with Gasteiger partial charge in [0.2, 0.25) is 0 Å². The molecule has 136 valence electrons. The maximum Gasteiger partial charge on any atom is 0.259 e. The minimum atomic E-state index is -0.406. The lowest BCUT2D eigenvalue weighted by Gasteiger charge is -2.09. The summed E-state index contributed by atoms with van der Waals surface area (Å²) in [5, 5.41) is 6.46. The number of ether oxygens (including phenoxy) is 1. The number of nitrogens with zero attached hydrogens (tertiary/aromatic N) is 1. The Balaban J connectivity index is 1.81. The van der Waals surface area contributed by atoms with Crippen molar-refractivity contribution in [1.29, 1.82) is 0 Å². The Bertz CT molecular complexity index is 800. The molecule has 26 heavy (non-hydrogen) atoms. The van der Waals surface area contributed by atoms with Crippen molar-refractivity contribution in [2.24, 2.45) is 5.10 Å². The van der Waals surface area contributed by atoms with E-state index in [1.54, 1.807) is 18.2 Å². The minimum absolute atomic E-state index is 0.0823. The van der Waals surface area contributed by atoms with Crippen molar-refractivity contribution in [3.8, 4) is 5.75 Å². The van der Waals surface area contributed by atoms with Crippen LogP contribution in [0.15, 0.2) is 53.6 Å². The molecule has 0 aliphatic rings. The molecule has 0 aliphatic heterocycles. The molecule has 0 saturated carbocycles. The maximum absolute atomic E-state index is 12.0. The maximum atomic E-state index is 12.0. The van der Waals surface area contributed by atoms with Crippen molar-refractivity contribution in [3.05, 3.63) is 65.2 Å². The highest BCUT2D eigenvalue weighted by molar-refractivity contribution is 5.96. The van der Waals surface area contributed by atoms with Crippen LogP contribution in [0.25, 0.3) is 0 Å². The van der Waals surface area contributed by atoms with Crippen LogP contribution in [0.5, 0.6) is 5.75 Å². The molecule has 6 nitrogen and oxygen atoms in total. The zero-order valence-corrected chi connectivity index (χ0v) is 15.2. The van der Waals surface area contributed by atoms with Gasteiger partial charge in [-0.2, -0.15) is 5.10 Å². The third-order valence-corrected chi connectivity index (χ3v) is 3.32. The lowest BCUT2D eigenvalue weighted by molar-refractivity contribution is -0.120. The molecule has 2 aromatic carbocycles. The van der Waals surface area contributed by atoms with Gasteiger partial charge >= 0.3 is 0 Å². The van der Waals surface area contributed by atoms with Gasteiger partial charge in [0.1, 0.15) is 5.75 Å². The van der Waals surface area contributed by atoms with Crippen LogP contribution in [0, 0.1) is 6.92 Å². The van der Waals surface area contributed by atoms with E-state index in [4.69, 9.17) is 4.74 Å². The van der Waals surface area contributed by atoms with Crippen molar-refractivity contribution in [2.75, 3.05) is 6.54 Å². The standard InChI is InChI=1S/C20H23N3O3/c1-14(2)26-18-9-5-7-16(11-18)12-22-23-19(24)13-21-20(25)17-8-4-6-15(3)10-17/h4-12,14H,13H2,1-3H3,(H,21,25)(H,23,24). The summed E-state index contributed by atoms with van der Waals surface area (Å²) in [6.45, 7) is 5.65. The molecular formula is C20H23N3O3. The highest BCUT2D eigenvalue weighted by atomic mass is 16.5. The number of nitrogens with one attached hydrogen (secondary N) is 2. The minimum Gasteiger partial charge on any atom is -0.491 e. The van der Waals surface area contributed by atoms with E-state index in [1.807, 2.05) is 51.1 Å². The van der Waals surface area contributed by atoms with E-state index in [2.05, 4.69) is 15.8 Å². The molecule has 0 aromatic heterocycles. The van der Waals surface area contributed by atoms with Gasteiger partial charge in [0.05, 0.1) is 18.9 Å². The van der Waals surface area contributed by atoms with E-state index in [0.29, 0.717) is 5.56 Å². The fourth-order valence-corrected chi connectivity index (χ4v) is 2.21. The summed E-state index contributed by atoms with van der Waals surface area (Å²) in [5.74, 6) is 0.0314. The summed E-state index contributed by atoms with van der Waals surface area (Å²) in [6.07, 6.45) is 1.60. The fourth-order valence-electron chi connectivity index (χ4n) is 2.21. The molecule has 0 radical (unpaired) electrons. The van der Waals surface area contributed by atoms with Crippen LogP contribution >= 0.6 is 0 Å². The molecule has 6 heteroatoms. The molecule has 0 saturated heterocycles. The second-order valence-electron chi connectivity index (χ2n) is 6.08. The number of benzene rings is 2. The number of carbonyl (C=O) groups excluding carboxylic acids is 2. The average Bonchev–Trinajstić information content (AvgIpc) is 2.59. The summed E-state index contributed by atoms with van der Waals surface area (Å²) >= 11 is 0. The van der Waals surface area contributed by atoms with Crippen molar-refractivity contribution in [3.63, 3.8) is 0 Å². The summed E-state index contributed by atoms with van der Waals surface area (Å²) in [6, 6.07) is 14.5. The van der Waals surface area contributed by atoms with Crippen LogP contribution in [-0.4, -0.2) is 30.7 Å². The van der Waals surface area contributed by atoms with Crippen LogP contribution < -0.4 is 15.5 Å². The van der Waals surface area contributed by atoms with Crippen LogP contribution in [0.4, 0.5) is 0 Å². The molecule has 2 rings (SSSR count). The topological polar surface area (TPSA) is 79.8 Å². The second kappa shape index (κ2) is 9.36. The Morgan fingerprint density at radius 1 is 1.15 bits per heavy atom. The highest BCUT2D eigenvalue weighted by Gasteiger charge is 2.07. The molecule has 0 unspecified atom stereocenters. The van der Waals surface area contributed by atoms with Gasteiger partial charge in [0, 0.05) is 5.56 Å². The largest absolute Gasteiger partial charge is 0.491 e. The highest BCUT2D eigenvalue weighted by Crippen LogP contribution is 2.13. The van der Waals surface area contributed by atoms with Crippen LogP contribution in [0.2, 0.25) is 0 Å². The molecule has 2 amide bonds. The van der Waals surface area contributed by atoms with Crippen molar-refractivity contribution in [1.82, 2.24) is 10.7 Å². The number of hydrogen-bond acceptors (Lipinski definition) is 4. The van der Waals surface area contributed by atoms with Gasteiger partial charge in [-0.25, -0.2) is 5.43 Å². The molecule has 0 bridgehead atoms. The number of amides is 2. The third-order valence-electron chi connectivity index (χ3n) is 3.32. The number of carbonyl (C=O) groups is 2. The third kappa shape index (κ3) is 6.39. The molecule has 2 aromatic rings. The van der Waals surface area contributed by atoms with E-state index in [0.717, 1.165) is 16.9 Å². The van der Waals surface area contributed by atoms with Gasteiger partial charge in [0.25, 0.3) is 11.8 Å². The first-order valence-corrected chi connectivity index (χ1v) is 8.37. The Hall–Kier alpha value is -3.15. The predicted molar refractivity (Wildman–Crippen MR) is 101 cm³/mol. The van der Waals surface area contributed by atoms with Crippen LogP contribution in [0.3, 0.4) is 0 Å². The quantitative estimate of drug-likeness (QED) is 0.593. The first-order valence-electron chi connectivity index (χ1n) is 8.37. The van der Waals surface area contributed by atoms with Gasteiger partial charge in [0.15, 0.2) is 0 Å². The Kier molecular flexibility index (Phi) is 6.91. The lowest BCUT2D eigenvalue weighted by Crippen LogP contribution is -2.34. The van der Waals surface area contributed by atoms with E-state index in [-0.39, 0.29) is 18.6 Å². The number of aryl methyl sites for hydroxylation is 1. The van der Waals surface area contributed by atoms with Gasteiger partial charge in [-0.1, -0.05) is 29.8 Å². The second-order valence-corrected chi connectivity index (χ2v) is 6.08. The average molecular weight is 353 g/mol. The fraction of sp³-hybridized carbons (Fsp3) is 0.250. The van der Waals surface area contributed by atoms with Crippen LogP contribution in [-0.2, 0) is 4.79 Å². The Morgan fingerprint density at radius 2 is 1.92 bits per heavy atom. The van der Waals surface area contributed by atoms with E-state index >= 15 is 0 Å². The van der Waals surface area contributed by atoms with E-state index < -0.39 is 5.91 Å². The van der Waals surface area contributed by atoms with Crippen LogP contribution in [0.1, 0.15) is 35.3 Å². The van der Waals surface area contributed by atoms with Gasteiger partial charge in [-0.15, -0.1) is 0 Å². The summed E-state index contributed by atoms with van der Waals surface area (Å²) in [4.78, 5) is 23.8. The molecular weight excluding hydrogens is 330 g/mol. The number of hydrazone groups is 1. The monoisotopic (exact) mass is 353 g/mol. The van der Waals surface area contributed by atoms with Gasteiger partial charge in [-0.3, -0.25) is 9.59 Å². The summed E-state index contributed by atoms with van der Waals surface area (Å²) in [7, 11) is 0. The predicted octanol–water partition coefficient (Wildman–Crippen LogP) is 2.66. The van der Waals surface area contributed by atoms with Crippen molar-refractivity contribution in [2.45, 2.75) is 26.9 Å². The first-order chi connectivity index (χ1) is 12.4. The van der Waals surface area contributed by atoms with E-state index in [9.17, 15) is 9.59 Å². The smallest absolute Gasteiger partial charge is 0.259 e. The SMILES string of the molecule is Cc1cccc(C(=O)NCC(=O)NN=Cc2cccc(OC(C)C)c2)c1. The molecule has 0 fully saturated rings. The Labute approximate surface area is 153 Å². The van der Waals surface area contributed by atoms with Gasteiger partial charge < -0.3 is 10.1 Å². The van der Waals surface area contributed by atoms with Crippen molar-refractivity contribution >= 4 is 18.0 Å².